The third-order valence-electron chi connectivity index (χ3n) is 6.73. The molecule has 0 radical (unpaired) electrons. The molecule has 0 bridgehead atoms. The standard InChI is InChI=1S/C21H38O3/c1-15(2)14-21(4,17-6-10-19(23-5)11-7-17)18-8-12-20(13-9-18)24-16(3)22/h15,17-20H,6-14H2,1-5H3. The fraction of sp³-hybridized carbons (Fsp3) is 0.952. The lowest BCUT2D eigenvalue weighted by molar-refractivity contribution is -0.149. The van der Waals surface area contributed by atoms with Crippen molar-refractivity contribution in [2.45, 2.75) is 97.7 Å². The molecule has 2 aliphatic carbocycles. The van der Waals surface area contributed by atoms with E-state index in [0.717, 1.165) is 30.6 Å². The van der Waals surface area contributed by atoms with Gasteiger partial charge in [-0.3, -0.25) is 4.79 Å². The van der Waals surface area contributed by atoms with Crippen LogP contribution < -0.4 is 0 Å². The molecule has 0 aromatic heterocycles. The van der Waals surface area contributed by atoms with Crippen molar-refractivity contribution in [1.82, 2.24) is 0 Å². The predicted octanol–water partition coefficient (Wildman–Crippen LogP) is 5.37. The van der Waals surface area contributed by atoms with E-state index in [2.05, 4.69) is 20.8 Å². The van der Waals surface area contributed by atoms with Crippen LogP contribution in [-0.4, -0.2) is 25.3 Å². The average molecular weight is 339 g/mol. The monoisotopic (exact) mass is 338 g/mol. The van der Waals surface area contributed by atoms with E-state index in [9.17, 15) is 4.79 Å². The smallest absolute Gasteiger partial charge is 0.302 e. The summed E-state index contributed by atoms with van der Waals surface area (Å²) >= 11 is 0. The van der Waals surface area contributed by atoms with E-state index in [1.165, 1.54) is 51.9 Å². The van der Waals surface area contributed by atoms with Gasteiger partial charge in [-0.1, -0.05) is 20.8 Å². The van der Waals surface area contributed by atoms with E-state index >= 15 is 0 Å². The minimum atomic E-state index is -0.124. The number of esters is 1. The van der Waals surface area contributed by atoms with Gasteiger partial charge in [-0.05, 0) is 81.0 Å². The molecule has 0 aromatic rings. The van der Waals surface area contributed by atoms with E-state index in [-0.39, 0.29) is 12.1 Å². The van der Waals surface area contributed by atoms with Gasteiger partial charge in [-0.15, -0.1) is 0 Å². The van der Waals surface area contributed by atoms with Crippen LogP contribution in [0.5, 0.6) is 0 Å². The van der Waals surface area contributed by atoms with Crippen LogP contribution in [0.3, 0.4) is 0 Å². The Balaban J connectivity index is 2.01. The highest BCUT2D eigenvalue weighted by Gasteiger charge is 2.44. The number of hydrogen-bond acceptors (Lipinski definition) is 3. The first kappa shape index (κ1) is 19.8. The summed E-state index contributed by atoms with van der Waals surface area (Å²) in [5.74, 6) is 2.21. The Kier molecular flexibility index (Phi) is 7.15. The Labute approximate surface area is 148 Å². The fourth-order valence-electron chi connectivity index (χ4n) is 5.58. The summed E-state index contributed by atoms with van der Waals surface area (Å²) in [5, 5.41) is 0. The van der Waals surface area contributed by atoms with Gasteiger partial charge in [-0.25, -0.2) is 0 Å². The Morgan fingerprint density at radius 2 is 1.42 bits per heavy atom. The molecule has 3 heteroatoms. The number of hydrogen-bond donors (Lipinski definition) is 0. The first-order valence-corrected chi connectivity index (χ1v) is 10.0. The molecule has 0 amide bonds. The second-order valence-electron chi connectivity index (χ2n) is 8.90. The quantitative estimate of drug-likeness (QED) is 0.611. The number of carbonyl (C=O) groups is 1. The van der Waals surface area contributed by atoms with Gasteiger partial charge in [0.15, 0.2) is 0 Å². The maximum Gasteiger partial charge on any atom is 0.302 e. The van der Waals surface area contributed by atoms with Crippen molar-refractivity contribution in [2.75, 3.05) is 7.11 Å². The molecular formula is C21H38O3. The van der Waals surface area contributed by atoms with E-state index in [1.54, 1.807) is 0 Å². The summed E-state index contributed by atoms with van der Waals surface area (Å²) in [6, 6.07) is 0. The van der Waals surface area contributed by atoms with Gasteiger partial charge in [0.2, 0.25) is 0 Å². The zero-order valence-electron chi connectivity index (χ0n) is 16.5. The van der Waals surface area contributed by atoms with Crippen LogP contribution in [0.4, 0.5) is 0 Å². The molecule has 0 aliphatic heterocycles. The van der Waals surface area contributed by atoms with Crippen molar-refractivity contribution in [3.63, 3.8) is 0 Å². The molecule has 0 saturated heterocycles. The molecule has 2 fully saturated rings. The molecule has 24 heavy (non-hydrogen) atoms. The summed E-state index contributed by atoms with van der Waals surface area (Å²) in [5.41, 5.74) is 0.425. The molecule has 2 rings (SSSR count). The van der Waals surface area contributed by atoms with E-state index in [1.807, 2.05) is 7.11 Å². The largest absolute Gasteiger partial charge is 0.463 e. The van der Waals surface area contributed by atoms with Gasteiger partial charge < -0.3 is 9.47 Å². The summed E-state index contributed by atoms with van der Waals surface area (Å²) in [6.45, 7) is 8.82. The lowest BCUT2D eigenvalue weighted by atomic mass is 9.57. The Morgan fingerprint density at radius 3 is 1.79 bits per heavy atom. The number of carbonyl (C=O) groups excluding carboxylic acids is 1. The van der Waals surface area contributed by atoms with Gasteiger partial charge in [0.1, 0.15) is 6.10 Å². The number of methoxy groups -OCH3 is 1. The van der Waals surface area contributed by atoms with Crippen LogP contribution in [0.15, 0.2) is 0 Å². The normalized spacial score (nSPS) is 33.9. The van der Waals surface area contributed by atoms with Crippen LogP contribution in [0, 0.1) is 23.2 Å². The summed E-state index contributed by atoms with van der Waals surface area (Å²) in [4.78, 5) is 11.2. The maximum atomic E-state index is 11.2. The molecule has 0 heterocycles. The highest BCUT2D eigenvalue weighted by Crippen LogP contribution is 2.52. The molecule has 0 N–H and O–H groups in total. The molecule has 2 aliphatic rings. The van der Waals surface area contributed by atoms with Crippen LogP contribution in [-0.2, 0) is 14.3 Å². The minimum absolute atomic E-state index is 0.124. The summed E-state index contributed by atoms with van der Waals surface area (Å²) < 4.78 is 11.0. The molecule has 0 spiro atoms. The van der Waals surface area contributed by atoms with Crippen molar-refractivity contribution >= 4 is 5.97 Å². The number of rotatable bonds is 6. The molecule has 0 aromatic carbocycles. The lowest BCUT2D eigenvalue weighted by Crippen LogP contribution is -2.42. The molecule has 1 atom stereocenters. The maximum absolute atomic E-state index is 11.2. The van der Waals surface area contributed by atoms with Crippen LogP contribution in [0.1, 0.15) is 85.5 Å². The van der Waals surface area contributed by atoms with Crippen molar-refractivity contribution in [3.05, 3.63) is 0 Å². The van der Waals surface area contributed by atoms with Crippen molar-refractivity contribution in [3.8, 4) is 0 Å². The van der Waals surface area contributed by atoms with E-state index in [0.29, 0.717) is 11.5 Å². The van der Waals surface area contributed by atoms with Crippen LogP contribution >= 0.6 is 0 Å². The second kappa shape index (κ2) is 8.69. The third-order valence-corrected chi connectivity index (χ3v) is 6.73. The average Bonchev–Trinajstić information content (AvgIpc) is 2.54. The first-order valence-electron chi connectivity index (χ1n) is 10.0. The summed E-state index contributed by atoms with van der Waals surface area (Å²) in [6.07, 6.45) is 11.5. The zero-order valence-corrected chi connectivity index (χ0v) is 16.5. The molecule has 3 nitrogen and oxygen atoms in total. The zero-order chi connectivity index (χ0) is 17.7. The van der Waals surface area contributed by atoms with E-state index < -0.39 is 0 Å². The fourth-order valence-corrected chi connectivity index (χ4v) is 5.58. The van der Waals surface area contributed by atoms with Gasteiger partial charge >= 0.3 is 5.97 Å². The molecule has 1 unspecified atom stereocenters. The first-order chi connectivity index (χ1) is 11.3. The van der Waals surface area contributed by atoms with E-state index in [4.69, 9.17) is 9.47 Å². The SMILES string of the molecule is COC1CCC(C(C)(CC(C)C)C2CCC(OC(C)=O)CC2)CC1. The lowest BCUT2D eigenvalue weighted by Gasteiger charge is -2.49. The topological polar surface area (TPSA) is 35.5 Å². The number of ether oxygens (including phenoxy) is 2. The molecular weight excluding hydrogens is 300 g/mol. The van der Waals surface area contributed by atoms with Crippen LogP contribution in [0.25, 0.3) is 0 Å². The summed E-state index contributed by atoms with van der Waals surface area (Å²) in [7, 11) is 1.86. The highest BCUT2D eigenvalue weighted by atomic mass is 16.5. The molecule has 2 saturated carbocycles. The van der Waals surface area contributed by atoms with Crippen molar-refractivity contribution in [2.24, 2.45) is 23.2 Å². The van der Waals surface area contributed by atoms with Gasteiger partial charge in [0.25, 0.3) is 0 Å². The van der Waals surface area contributed by atoms with Crippen molar-refractivity contribution < 1.29 is 14.3 Å². The Morgan fingerprint density at radius 1 is 0.958 bits per heavy atom. The van der Waals surface area contributed by atoms with Gasteiger partial charge in [-0.2, -0.15) is 0 Å². The third kappa shape index (κ3) is 4.97. The highest BCUT2D eigenvalue weighted by molar-refractivity contribution is 5.66. The molecule has 140 valence electrons. The predicted molar refractivity (Wildman–Crippen MR) is 97.8 cm³/mol. The van der Waals surface area contributed by atoms with Crippen molar-refractivity contribution in [1.29, 1.82) is 0 Å². The van der Waals surface area contributed by atoms with Gasteiger partial charge in [0.05, 0.1) is 6.10 Å². The second-order valence-corrected chi connectivity index (χ2v) is 8.90. The minimum Gasteiger partial charge on any atom is -0.463 e. The Bertz CT molecular complexity index is 390. The Hall–Kier alpha value is -0.570. The van der Waals surface area contributed by atoms with Gasteiger partial charge in [0, 0.05) is 14.0 Å². The van der Waals surface area contributed by atoms with Crippen LogP contribution in [0.2, 0.25) is 0 Å².